The number of hydrogen-bond acceptors (Lipinski definition) is 2. The first-order valence-electron chi connectivity index (χ1n) is 13.1. The molecule has 0 saturated heterocycles. The van der Waals surface area contributed by atoms with Gasteiger partial charge in [-0.15, -0.1) is 0 Å². The molecular formula is C34H24N4. The van der Waals surface area contributed by atoms with Gasteiger partial charge in [0.1, 0.15) is 0 Å². The van der Waals surface area contributed by atoms with Crippen LogP contribution < -0.4 is 4.90 Å². The maximum Gasteiger partial charge on any atom is 0.0992 e. The number of nitrogens with zero attached hydrogens (tertiary/aromatic N) is 4. The zero-order chi connectivity index (χ0) is 25.5. The highest BCUT2D eigenvalue weighted by molar-refractivity contribution is 6.27. The molecule has 0 spiro atoms. The van der Waals surface area contributed by atoms with Crippen molar-refractivity contribution in [1.82, 2.24) is 9.13 Å². The van der Waals surface area contributed by atoms with Crippen LogP contribution in [0.1, 0.15) is 19.4 Å². The van der Waals surface area contributed by atoms with Gasteiger partial charge in [0.2, 0.25) is 0 Å². The molecule has 0 radical (unpaired) electrons. The Morgan fingerprint density at radius 1 is 0.605 bits per heavy atom. The predicted octanol–water partition coefficient (Wildman–Crippen LogP) is 8.61. The molecule has 1 aliphatic rings. The van der Waals surface area contributed by atoms with Gasteiger partial charge < -0.3 is 14.0 Å². The topological polar surface area (TPSA) is 36.9 Å². The minimum Gasteiger partial charge on any atom is -0.334 e. The van der Waals surface area contributed by atoms with Crippen LogP contribution in [0, 0.1) is 11.3 Å². The average molecular weight is 489 g/mol. The Balaban J connectivity index is 1.70. The lowest BCUT2D eigenvalue weighted by Crippen LogP contribution is -2.30. The predicted molar refractivity (Wildman–Crippen MR) is 157 cm³/mol. The van der Waals surface area contributed by atoms with Gasteiger partial charge >= 0.3 is 0 Å². The Morgan fingerprint density at radius 2 is 1.21 bits per heavy atom. The number of fused-ring (bicyclic) bond motifs is 9. The molecular weight excluding hydrogens is 464 g/mol. The van der Waals surface area contributed by atoms with Gasteiger partial charge in [0.25, 0.3) is 0 Å². The summed E-state index contributed by atoms with van der Waals surface area (Å²) in [5, 5.41) is 14.8. The van der Waals surface area contributed by atoms with E-state index < -0.39 is 0 Å². The van der Waals surface area contributed by atoms with E-state index in [4.69, 9.17) is 0 Å². The molecule has 7 aromatic rings. The van der Waals surface area contributed by atoms with E-state index in [1.165, 1.54) is 49.3 Å². The minimum absolute atomic E-state index is 0.172. The number of nitriles is 1. The summed E-state index contributed by atoms with van der Waals surface area (Å²) >= 11 is 0. The summed E-state index contributed by atoms with van der Waals surface area (Å²) in [7, 11) is 0. The minimum atomic E-state index is 0.172. The maximum atomic E-state index is 9.82. The molecule has 180 valence electrons. The zero-order valence-corrected chi connectivity index (χ0v) is 21.2. The smallest absolute Gasteiger partial charge is 0.0992 e. The molecule has 0 aliphatic carbocycles. The van der Waals surface area contributed by atoms with Gasteiger partial charge in [-0.3, -0.25) is 0 Å². The number of benzene rings is 5. The van der Waals surface area contributed by atoms with Crippen LogP contribution in [0.5, 0.6) is 0 Å². The fourth-order valence-corrected chi connectivity index (χ4v) is 6.50. The number of anilines is 2. The molecule has 0 bridgehead atoms. The standard InChI is InChI=1S/C34H24N4/c1-21(2)36-31-18-22(20-35)16-17-30(31)38-29-15-9-7-13-25(29)27-19-26-24-12-6-8-14-28(24)37(23-10-4-3-5-11-23)32(26)34(36)33(27)38/h3-19,21H,1-2H3. The van der Waals surface area contributed by atoms with Crippen molar-refractivity contribution in [3.8, 4) is 17.4 Å². The van der Waals surface area contributed by atoms with Crippen LogP contribution in [0.4, 0.5) is 11.4 Å². The molecule has 0 N–H and O–H groups in total. The first-order chi connectivity index (χ1) is 18.7. The highest BCUT2D eigenvalue weighted by atomic mass is 15.2. The average Bonchev–Trinajstić information content (AvgIpc) is 3.47. The van der Waals surface area contributed by atoms with Crippen molar-refractivity contribution in [2.24, 2.45) is 0 Å². The first-order valence-corrected chi connectivity index (χ1v) is 13.1. The van der Waals surface area contributed by atoms with Crippen molar-refractivity contribution in [2.45, 2.75) is 19.9 Å². The summed E-state index contributed by atoms with van der Waals surface area (Å²) in [4.78, 5) is 2.44. The lowest BCUT2D eigenvalue weighted by molar-refractivity contribution is 0.782. The van der Waals surface area contributed by atoms with Crippen LogP contribution in [0.2, 0.25) is 0 Å². The Hall–Kier alpha value is -5.01. The molecule has 0 unspecified atom stereocenters. The molecule has 0 saturated carbocycles. The monoisotopic (exact) mass is 488 g/mol. The zero-order valence-electron chi connectivity index (χ0n) is 21.2. The van der Waals surface area contributed by atoms with E-state index in [2.05, 4.69) is 125 Å². The van der Waals surface area contributed by atoms with E-state index in [1.807, 2.05) is 12.1 Å². The molecule has 4 nitrogen and oxygen atoms in total. The van der Waals surface area contributed by atoms with Crippen LogP contribution in [0.3, 0.4) is 0 Å². The van der Waals surface area contributed by atoms with Crippen molar-refractivity contribution < 1.29 is 0 Å². The molecule has 0 fully saturated rings. The summed E-state index contributed by atoms with van der Waals surface area (Å²) in [5.74, 6) is 0. The maximum absolute atomic E-state index is 9.82. The second kappa shape index (κ2) is 7.50. The summed E-state index contributed by atoms with van der Waals surface area (Å²) < 4.78 is 4.82. The fourth-order valence-electron chi connectivity index (χ4n) is 6.50. The normalized spacial score (nSPS) is 12.6. The number of rotatable bonds is 2. The summed E-state index contributed by atoms with van der Waals surface area (Å²) in [6, 6.07) is 39.0. The van der Waals surface area contributed by atoms with Gasteiger partial charge in [-0.2, -0.15) is 5.26 Å². The van der Waals surface area contributed by atoms with E-state index in [-0.39, 0.29) is 6.04 Å². The second-order valence-corrected chi connectivity index (χ2v) is 10.3. The third kappa shape index (κ3) is 2.58. The van der Waals surface area contributed by atoms with Gasteiger partial charge in [0, 0.05) is 33.3 Å². The van der Waals surface area contributed by atoms with E-state index in [9.17, 15) is 5.26 Å². The molecule has 3 heterocycles. The van der Waals surface area contributed by atoms with Crippen LogP contribution >= 0.6 is 0 Å². The highest BCUT2D eigenvalue weighted by Crippen LogP contribution is 2.52. The molecule has 0 atom stereocenters. The Bertz CT molecular complexity index is 2120. The summed E-state index contributed by atoms with van der Waals surface area (Å²) in [6.45, 7) is 4.47. The van der Waals surface area contributed by atoms with Gasteiger partial charge in [-0.25, -0.2) is 0 Å². The second-order valence-electron chi connectivity index (χ2n) is 10.3. The highest BCUT2D eigenvalue weighted by Gasteiger charge is 2.33. The van der Waals surface area contributed by atoms with Crippen LogP contribution in [0.15, 0.2) is 103 Å². The molecule has 38 heavy (non-hydrogen) atoms. The SMILES string of the molecule is CC(C)N1c2cc(C#N)ccc2-n2c3ccccc3c3cc4c5ccccc5n(-c5ccccc5)c4c1c32. The molecule has 1 aliphatic heterocycles. The largest absolute Gasteiger partial charge is 0.334 e. The van der Waals surface area contributed by atoms with Crippen LogP contribution in [-0.4, -0.2) is 15.2 Å². The van der Waals surface area contributed by atoms with E-state index in [0.29, 0.717) is 5.56 Å². The van der Waals surface area contributed by atoms with Crippen molar-refractivity contribution >= 4 is 55.0 Å². The Kier molecular flexibility index (Phi) is 4.17. The summed E-state index contributed by atoms with van der Waals surface area (Å²) in [6.07, 6.45) is 0. The number of para-hydroxylation sites is 3. The third-order valence-corrected chi connectivity index (χ3v) is 7.94. The first kappa shape index (κ1) is 21.1. The van der Waals surface area contributed by atoms with E-state index in [0.717, 1.165) is 17.1 Å². The number of hydrogen-bond donors (Lipinski definition) is 0. The van der Waals surface area contributed by atoms with Crippen molar-refractivity contribution in [2.75, 3.05) is 4.90 Å². The van der Waals surface area contributed by atoms with Crippen molar-refractivity contribution in [3.05, 3.63) is 109 Å². The lowest BCUT2D eigenvalue weighted by Gasteiger charge is -2.37. The van der Waals surface area contributed by atoms with Gasteiger partial charge in [0.05, 0.1) is 50.8 Å². The quantitative estimate of drug-likeness (QED) is 0.244. The van der Waals surface area contributed by atoms with E-state index >= 15 is 0 Å². The third-order valence-electron chi connectivity index (χ3n) is 7.94. The summed E-state index contributed by atoms with van der Waals surface area (Å²) in [5.41, 5.74) is 9.94. The number of aromatic nitrogens is 2. The fraction of sp³-hybridized carbons (Fsp3) is 0.0882. The Labute approximate surface area is 220 Å². The molecule has 2 aromatic heterocycles. The lowest BCUT2D eigenvalue weighted by atomic mass is 10.0. The van der Waals surface area contributed by atoms with Crippen molar-refractivity contribution in [3.63, 3.8) is 0 Å². The van der Waals surface area contributed by atoms with Gasteiger partial charge in [-0.1, -0.05) is 54.6 Å². The van der Waals surface area contributed by atoms with Crippen molar-refractivity contribution in [1.29, 1.82) is 5.26 Å². The van der Waals surface area contributed by atoms with Crippen LogP contribution in [0.25, 0.3) is 55.0 Å². The van der Waals surface area contributed by atoms with Gasteiger partial charge in [-0.05, 0) is 62.4 Å². The molecule has 8 rings (SSSR count). The van der Waals surface area contributed by atoms with Crippen LogP contribution in [-0.2, 0) is 0 Å². The molecule has 0 amide bonds. The van der Waals surface area contributed by atoms with Gasteiger partial charge in [0.15, 0.2) is 0 Å². The molecule has 5 aromatic carbocycles. The van der Waals surface area contributed by atoms with E-state index in [1.54, 1.807) is 0 Å². The molecule has 4 heteroatoms. The Morgan fingerprint density at radius 3 is 1.87 bits per heavy atom.